The normalized spacial score (nSPS) is 13.4. The largest absolute Gasteiger partial charge is 0.355 e. The Morgan fingerprint density at radius 3 is 2.35 bits per heavy atom. The van der Waals surface area contributed by atoms with Gasteiger partial charge in [-0.1, -0.05) is 49.4 Å². The molecule has 26 heavy (non-hydrogen) atoms. The summed E-state index contributed by atoms with van der Waals surface area (Å²) in [7, 11) is 0.747. The van der Waals surface area contributed by atoms with Crippen molar-refractivity contribution in [3.63, 3.8) is 0 Å². The lowest BCUT2D eigenvalue weighted by molar-refractivity contribution is 0.676. The Kier molecular flexibility index (Phi) is 10.5. The second kappa shape index (κ2) is 12.1. The number of aliphatic imine (C=N–C) groups is 1. The number of halogens is 1. The van der Waals surface area contributed by atoms with Crippen LogP contribution in [0, 0.1) is 0 Å². The van der Waals surface area contributed by atoms with Crippen LogP contribution in [-0.2, 0) is 17.2 Å². The zero-order chi connectivity index (χ0) is 18.1. The minimum atomic E-state index is -1.000. The van der Waals surface area contributed by atoms with Gasteiger partial charge in [0.05, 0.1) is 16.8 Å². The molecule has 0 bridgehead atoms. The number of hydrogen-bond acceptors (Lipinski definition) is 2. The van der Waals surface area contributed by atoms with E-state index >= 15 is 0 Å². The van der Waals surface area contributed by atoms with Crippen molar-refractivity contribution in [2.75, 3.05) is 19.3 Å². The lowest BCUT2D eigenvalue weighted by atomic mass is 10.1. The highest BCUT2D eigenvalue weighted by molar-refractivity contribution is 14.0. The van der Waals surface area contributed by atoms with Gasteiger partial charge >= 0.3 is 0 Å². The number of benzene rings is 2. The molecule has 0 fully saturated rings. The van der Waals surface area contributed by atoms with E-state index < -0.39 is 10.8 Å². The van der Waals surface area contributed by atoms with E-state index in [4.69, 9.17) is 0 Å². The van der Waals surface area contributed by atoms with Gasteiger partial charge in [-0.15, -0.1) is 24.0 Å². The molecule has 2 aromatic rings. The van der Waals surface area contributed by atoms with Gasteiger partial charge in [0.1, 0.15) is 0 Å². The first-order valence-corrected chi connectivity index (χ1v) is 9.95. The average Bonchev–Trinajstić information content (AvgIpc) is 2.67. The van der Waals surface area contributed by atoms with Crippen LogP contribution in [-0.4, -0.2) is 29.5 Å². The van der Waals surface area contributed by atoms with Crippen LogP contribution in [0.25, 0.3) is 0 Å². The molecule has 2 aromatic carbocycles. The number of guanidine groups is 1. The van der Waals surface area contributed by atoms with Crippen LogP contribution in [0.1, 0.15) is 31.0 Å². The summed E-state index contributed by atoms with van der Waals surface area (Å²) < 4.78 is 12.2. The molecule has 0 amide bonds. The Hall–Kier alpha value is -1.41. The van der Waals surface area contributed by atoms with Gasteiger partial charge in [-0.3, -0.25) is 9.20 Å². The van der Waals surface area contributed by atoms with Gasteiger partial charge in [0, 0.05) is 24.2 Å². The quantitative estimate of drug-likeness (QED) is 0.356. The monoisotopic (exact) mass is 485 g/mol. The van der Waals surface area contributed by atoms with E-state index in [2.05, 4.69) is 53.7 Å². The SMILES string of the molecule is CCc1ccc(C(C)NC(=NC)NCCS(=O)c2ccccc2)cc1.I. The summed E-state index contributed by atoms with van der Waals surface area (Å²) in [4.78, 5) is 5.11. The molecule has 0 aromatic heterocycles. The topological polar surface area (TPSA) is 53.5 Å². The van der Waals surface area contributed by atoms with E-state index in [0.29, 0.717) is 12.3 Å². The van der Waals surface area contributed by atoms with Crippen molar-refractivity contribution in [3.8, 4) is 0 Å². The highest BCUT2D eigenvalue weighted by Crippen LogP contribution is 2.13. The van der Waals surface area contributed by atoms with Crippen LogP contribution in [0.4, 0.5) is 0 Å². The van der Waals surface area contributed by atoms with Gasteiger partial charge in [-0.2, -0.15) is 0 Å². The zero-order valence-electron chi connectivity index (χ0n) is 15.6. The maximum Gasteiger partial charge on any atom is 0.191 e. The Labute approximate surface area is 176 Å². The number of hydrogen-bond donors (Lipinski definition) is 2. The molecule has 0 spiro atoms. The molecule has 0 aliphatic heterocycles. The molecule has 2 rings (SSSR count). The number of aryl methyl sites for hydroxylation is 1. The van der Waals surface area contributed by atoms with Crippen LogP contribution in [0.3, 0.4) is 0 Å². The minimum Gasteiger partial charge on any atom is -0.355 e. The molecule has 0 saturated carbocycles. The number of rotatable bonds is 7. The summed E-state index contributed by atoms with van der Waals surface area (Å²) >= 11 is 0. The molecule has 2 unspecified atom stereocenters. The standard InChI is InChI=1S/C20H27N3OS.HI/c1-4-17-10-12-18(13-11-17)16(2)23-20(21-3)22-14-15-25(24)19-8-6-5-7-9-19;/h5-13,16H,4,14-15H2,1-3H3,(H2,21,22,23);1H. The number of nitrogens with zero attached hydrogens (tertiary/aromatic N) is 1. The Morgan fingerprint density at radius 1 is 1.12 bits per heavy atom. The molecule has 0 aliphatic rings. The maximum atomic E-state index is 12.2. The second-order valence-electron chi connectivity index (χ2n) is 5.82. The predicted molar refractivity (Wildman–Crippen MR) is 122 cm³/mol. The van der Waals surface area contributed by atoms with Crippen LogP contribution in [0.15, 0.2) is 64.5 Å². The van der Waals surface area contributed by atoms with Crippen molar-refractivity contribution < 1.29 is 4.21 Å². The van der Waals surface area contributed by atoms with E-state index in [-0.39, 0.29) is 30.0 Å². The van der Waals surface area contributed by atoms with E-state index in [1.54, 1.807) is 7.05 Å². The molecular formula is C20H28IN3OS. The lowest BCUT2D eigenvalue weighted by Crippen LogP contribution is -2.40. The van der Waals surface area contributed by atoms with Gasteiger partial charge in [-0.25, -0.2) is 0 Å². The van der Waals surface area contributed by atoms with E-state index in [1.807, 2.05) is 30.3 Å². The van der Waals surface area contributed by atoms with Crippen molar-refractivity contribution in [2.45, 2.75) is 31.2 Å². The van der Waals surface area contributed by atoms with Crippen molar-refractivity contribution in [3.05, 3.63) is 65.7 Å². The first-order chi connectivity index (χ1) is 12.1. The second-order valence-corrected chi connectivity index (χ2v) is 7.39. The maximum absolute atomic E-state index is 12.2. The number of nitrogens with one attached hydrogen (secondary N) is 2. The fourth-order valence-electron chi connectivity index (χ4n) is 2.48. The fraction of sp³-hybridized carbons (Fsp3) is 0.350. The van der Waals surface area contributed by atoms with E-state index in [0.717, 1.165) is 17.3 Å². The minimum absolute atomic E-state index is 0. The fourth-order valence-corrected chi connectivity index (χ4v) is 3.46. The van der Waals surface area contributed by atoms with E-state index in [1.165, 1.54) is 11.1 Å². The van der Waals surface area contributed by atoms with Crippen LogP contribution in [0.2, 0.25) is 0 Å². The summed E-state index contributed by atoms with van der Waals surface area (Å²) in [6, 6.07) is 18.3. The summed E-state index contributed by atoms with van der Waals surface area (Å²) in [5.74, 6) is 1.27. The van der Waals surface area contributed by atoms with Crippen molar-refractivity contribution in [2.24, 2.45) is 4.99 Å². The lowest BCUT2D eigenvalue weighted by Gasteiger charge is -2.18. The third-order valence-corrected chi connectivity index (χ3v) is 5.42. The Balaban J connectivity index is 0.00000338. The highest BCUT2D eigenvalue weighted by atomic mass is 127. The molecule has 6 heteroatoms. The molecule has 0 aliphatic carbocycles. The molecule has 4 nitrogen and oxygen atoms in total. The predicted octanol–water partition coefficient (Wildman–Crippen LogP) is 3.90. The highest BCUT2D eigenvalue weighted by Gasteiger charge is 2.08. The van der Waals surface area contributed by atoms with Crippen molar-refractivity contribution in [1.82, 2.24) is 10.6 Å². The first kappa shape index (κ1) is 22.6. The third-order valence-electron chi connectivity index (χ3n) is 4.05. The van der Waals surface area contributed by atoms with Gasteiger partial charge in [0.15, 0.2) is 5.96 Å². The average molecular weight is 485 g/mol. The van der Waals surface area contributed by atoms with Crippen molar-refractivity contribution in [1.29, 1.82) is 0 Å². The molecule has 0 radical (unpaired) electrons. The van der Waals surface area contributed by atoms with Gasteiger partial charge in [0.2, 0.25) is 0 Å². The van der Waals surface area contributed by atoms with Gasteiger partial charge < -0.3 is 10.6 Å². The molecule has 2 atom stereocenters. The van der Waals surface area contributed by atoms with Crippen LogP contribution in [0.5, 0.6) is 0 Å². The van der Waals surface area contributed by atoms with Crippen LogP contribution < -0.4 is 10.6 Å². The van der Waals surface area contributed by atoms with Crippen LogP contribution >= 0.6 is 24.0 Å². The summed E-state index contributed by atoms with van der Waals surface area (Å²) in [5.41, 5.74) is 2.55. The zero-order valence-corrected chi connectivity index (χ0v) is 18.7. The van der Waals surface area contributed by atoms with Crippen molar-refractivity contribution >= 4 is 40.7 Å². The summed E-state index contributed by atoms with van der Waals surface area (Å²) in [6.07, 6.45) is 1.05. The van der Waals surface area contributed by atoms with E-state index in [9.17, 15) is 4.21 Å². The molecule has 0 saturated heterocycles. The first-order valence-electron chi connectivity index (χ1n) is 8.63. The summed E-state index contributed by atoms with van der Waals surface area (Å²) in [6.45, 7) is 4.86. The molecule has 142 valence electrons. The molecular weight excluding hydrogens is 457 g/mol. The third kappa shape index (κ3) is 7.07. The summed E-state index contributed by atoms with van der Waals surface area (Å²) in [5, 5.41) is 6.61. The molecule has 2 N–H and O–H groups in total. The Morgan fingerprint density at radius 2 is 1.77 bits per heavy atom. The van der Waals surface area contributed by atoms with Gasteiger partial charge in [-0.05, 0) is 36.6 Å². The molecule has 0 heterocycles. The Bertz CT molecular complexity index is 705. The smallest absolute Gasteiger partial charge is 0.191 e. The van der Waals surface area contributed by atoms with Gasteiger partial charge in [0.25, 0.3) is 0 Å².